The number of likely N-dealkylation sites (tertiary alicyclic amines) is 1. The van der Waals surface area contributed by atoms with Gasteiger partial charge in [0.1, 0.15) is 5.75 Å². The van der Waals surface area contributed by atoms with E-state index in [1.807, 2.05) is 30.6 Å². The number of phenolic OH excluding ortho intramolecular Hbond substituents is 1. The quantitative estimate of drug-likeness (QED) is 0.266. The van der Waals surface area contributed by atoms with Gasteiger partial charge in [-0.1, -0.05) is 32.9 Å². The number of phenols is 1. The molecular formula is C36H45N9O3. The molecule has 252 valence electrons. The fourth-order valence-corrected chi connectivity index (χ4v) is 9.55. The number of aromatic nitrogens is 5. The molecule has 1 aliphatic carbocycles. The number of hydrogen-bond donors (Lipinski definition) is 3. The lowest BCUT2D eigenvalue weighted by Crippen LogP contribution is -2.77. The molecule has 1 amide bonds. The summed E-state index contributed by atoms with van der Waals surface area (Å²) in [6.45, 7) is 15.3. The largest absolute Gasteiger partial charge is 0.507 e. The van der Waals surface area contributed by atoms with E-state index in [4.69, 9.17) is 9.97 Å². The number of piperazine rings is 1. The third-order valence-corrected chi connectivity index (χ3v) is 11.5. The van der Waals surface area contributed by atoms with Crippen LogP contribution in [0.25, 0.3) is 22.3 Å². The second kappa shape index (κ2) is 11.0. The predicted octanol–water partition coefficient (Wildman–Crippen LogP) is 5.31. The first-order chi connectivity index (χ1) is 22.9. The number of amides is 1. The van der Waals surface area contributed by atoms with Crippen LogP contribution < -0.4 is 9.80 Å². The fraction of sp³-hybridized carbons (Fsp3) is 0.528. The summed E-state index contributed by atoms with van der Waals surface area (Å²) in [7, 11) is 0. The molecule has 4 aliphatic rings. The number of carbonyl (C=O) groups is 1. The summed E-state index contributed by atoms with van der Waals surface area (Å²) in [5.74, 6) is 0.896. The van der Waals surface area contributed by atoms with Crippen LogP contribution in [0.15, 0.2) is 42.7 Å². The van der Waals surface area contributed by atoms with Crippen LogP contribution >= 0.6 is 0 Å². The second-order valence-corrected chi connectivity index (χ2v) is 15.5. The van der Waals surface area contributed by atoms with Gasteiger partial charge in [0, 0.05) is 84.9 Å². The van der Waals surface area contributed by atoms with Crippen molar-refractivity contribution in [3.8, 4) is 17.0 Å². The minimum absolute atomic E-state index is 0.0280. The number of rotatable bonds is 4. The predicted molar refractivity (Wildman–Crippen MR) is 184 cm³/mol. The van der Waals surface area contributed by atoms with Crippen LogP contribution in [0.4, 0.5) is 16.4 Å². The molecule has 4 aromatic rings. The Bertz CT molecular complexity index is 1860. The fourth-order valence-electron chi connectivity index (χ4n) is 9.55. The molecular weight excluding hydrogens is 606 g/mol. The highest BCUT2D eigenvalue weighted by atomic mass is 16.4. The number of para-hydroxylation sites is 1. The zero-order valence-electron chi connectivity index (χ0n) is 28.4. The van der Waals surface area contributed by atoms with Crippen molar-refractivity contribution in [2.24, 2.45) is 10.8 Å². The minimum Gasteiger partial charge on any atom is -0.507 e. The molecule has 2 saturated heterocycles. The summed E-state index contributed by atoms with van der Waals surface area (Å²) in [6.07, 6.45) is 6.12. The highest BCUT2D eigenvalue weighted by Gasteiger charge is 2.65. The zero-order valence-corrected chi connectivity index (χ0v) is 28.4. The van der Waals surface area contributed by atoms with Gasteiger partial charge in [0.15, 0.2) is 5.65 Å². The number of hydrogen-bond acceptors (Lipinski definition) is 9. The molecule has 0 radical (unpaired) electrons. The Balaban J connectivity index is 0.934. The van der Waals surface area contributed by atoms with E-state index in [1.165, 1.54) is 5.56 Å². The van der Waals surface area contributed by atoms with Gasteiger partial charge in [-0.2, -0.15) is 0 Å². The normalized spacial score (nSPS) is 27.6. The van der Waals surface area contributed by atoms with Crippen LogP contribution in [-0.4, -0.2) is 102 Å². The van der Waals surface area contributed by atoms with Crippen LogP contribution in [0.2, 0.25) is 0 Å². The Morgan fingerprint density at radius 2 is 1.79 bits per heavy atom. The molecule has 3 fully saturated rings. The molecule has 6 heterocycles. The molecule has 3 atom stereocenters. The highest BCUT2D eigenvalue weighted by molar-refractivity contribution is 5.86. The van der Waals surface area contributed by atoms with E-state index in [9.17, 15) is 15.0 Å². The molecule has 1 unspecified atom stereocenters. The second-order valence-electron chi connectivity index (χ2n) is 15.5. The number of fused-ring (bicyclic) bond motifs is 3. The van der Waals surface area contributed by atoms with Gasteiger partial charge in [-0.25, -0.2) is 14.8 Å². The summed E-state index contributed by atoms with van der Waals surface area (Å²) in [4.78, 5) is 34.0. The maximum Gasteiger partial charge on any atom is 0.407 e. The summed E-state index contributed by atoms with van der Waals surface area (Å²) >= 11 is 0. The number of aromatic hydroxyl groups is 1. The molecule has 3 aromatic heterocycles. The van der Waals surface area contributed by atoms with E-state index >= 15 is 0 Å². The number of benzene rings is 1. The third kappa shape index (κ3) is 4.86. The maximum absolute atomic E-state index is 11.8. The summed E-state index contributed by atoms with van der Waals surface area (Å²) < 4.78 is 0. The lowest BCUT2D eigenvalue weighted by atomic mass is 9.50. The standard InChI is InChI=1S/C36H45N9O3/c1-21-19-42(12-13-43(21)23-15-36(16-23)20-45(34(47)48)32(36)35(3,4)5)24-17-37-33(38-18-24)44-11-10-27-30(22(44)2)26-14-28(40-41-31(26)39-27)25-8-6-7-9-29(25)46/h6-9,14,17-18,21-23,32,46H,10-13,15-16,19-20H2,1-5H3,(H,39,41)(H,47,48)/t21-,22+,23?,32?,36?/m0/s1. The number of anilines is 2. The van der Waals surface area contributed by atoms with E-state index in [1.54, 1.807) is 17.0 Å². The van der Waals surface area contributed by atoms with E-state index < -0.39 is 6.09 Å². The van der Waals surface area contributed by atoms with Crippen molar-refractivity contribution in [1.82, 2.24) is 34.9 Å². The van der Waals surface area contributed by atoms with E-state index in [0.717, 1.165) is 67.9 Å². The minimum atomic E-state index is -0.786. The summed E-state index contributed by atoms with van der Waals surface area (Å²) in [5.41, 5.74) is 5.48. The van der Waals surface area contributed by atoms with E-state index in [0.29, 0.717) is 35.8 Å². The van der Waals surface area contributed by atoms with Crippen molar-refractivity contribution in [2.45, 2.75) is 78.0 Å². The molecule has 12 heteroatoms. The van der Waals surface area contributed by atoms with Crippen LogP contribution in [0.1, 0.15) is 64.8 Å². The van der Waals surface area contributed by atoms with Crippen molar-refractivity contribution >= 4 is 28.8 Å². The van der Waals surface area contributed by atoms with Gasteiger partial charge in [-0.05, 0) is 50.3 Å². The van der Waals surface area contributed by atoms with Crippen molar-refractivity contribution < 1.29 is 15.0 Å². The Morgan fingerprint density at radius 3 is 2.48 bits per heavy atom. The SMILES string of the molecule is C[C@@H]1c2c([nH]c3nnc(-c4ccccc4O)cc23)CCN1c1ncc(N2CCN(C3CC4(C3)CN(C(=O)O)C4C(C)(C)C)[C@@H](C)C2)cn1. The summed E-state index contributed by atoms with van der Waals surface area (Å²) in [5, 5.41) is 30.0. The van der Waals surface area contributed by atoms with Gasteiger partial charge in [0.05, 0.1) is 29.8 Å². The average Bonchev–Trinajstić information content (AvgIpc) is 3.39. The average molecular weight is 652 g/mol. The lowest BCUT2D eigenvalue weighted by Gasteiger charge is -2.69. The van der Waals surface area contributed by atoms with Crippen molar-refractivity contribution in [2.75, 3.05) is 42.5 Å². The zero-order chi connectivity index (χ0) is 33.5. The first kappa shape index (κ1) is 30.9. The van der Waals surface area contributed by atoms with Gasteiger partial charge in [0.2, 0.25) is 5.95 Å². The van der Waals surface area contributed by atoms with Crippen molar-refractivity contribution in [1.29, 1.82) is 0 Å². The molecule has 8 rings (SSSR count). The Labute approximate surface area is 280 Å². The highest BCUT2D eigenvalue weighted by Crippen LogP contribution is 2.59. The topological polar surface area (TPSA) is 138 Å². The van der Waals surface area contributed by atoms with Gasteiger partial charge >= 0.3 is 6.09 Å². The van der Waals surface area contributed by atoms with Crippen LogP contribution in [0, 0.1) is 10.8 Å². The van der Waals surface area contributed by atoms with E-state index in [2.05, 4.69) is 64.5 Å². The van der Waals surface area contributed by atoms with E-state index in [-0.39, 0.29) is 28.7 Å². The number of H-pyrrole nitrogens is 1. The monoisotopic (exact) mass is 651 g/mol. The third-order valence-electron chi connectivity index (χ3n) is 11.5. The molecule has 3 aliphatic heterocycles. The van der Waals surface area contributed by atoms with Crippen LogP contribution in [0.5, 0.6) is 5.75 Å². The van der Waals surface area contributed by atoms with Gasteiger partial charge in [-0.15, -0.1) is 10.2 Å². The first-order valence-electron chi connectivity index (χ1n) is 17.2. The van der Waals surface area contributed by atoms with Gasteiger partial charge < -0.3 is 29.9 Å². The smallest absolute Gasteiger partial charge is 0.407 e. The molecule has 1 spiro atoms. The molecule has 1 aromatic carbocycles. The van der Waals surface area contributed by atoms with Gasteiger partial charge in [-0.3, -0.25) is 4.90 Å². The maximum atomic E-state index is 11.8. The summed E-state index contributed by atoms with van der Waals surface area (Å²) in [6, 6.07) is 10.2. The number of nitrogens with one attached hydrogen (secondary N) is 1. The molecule has 3 N–H and O–H groups in total. The first-order valence-corrected chi connectivity index (χ1v) is 17.2. The Kier molecular flexibility index (Phi) is 7.10. The number of aromatic amines is 1. The van der Waals surface area contributed by atoms with Crippen LogP contribution in [-0.2, 0) is 6.42 Å². The van der Waals surface area contributed by atoms with Crippen molar-refractivity contribution in [3.63, 3.8) is 0 Å². The molecule has 0 bridgehead atoms. The van der Waals surface area contributed by atoms with Gasteiger partial charge in [0.25, 0.3) is 0 Å². The molecule has 48 heavy (non-hydrogen) atoms. The van der Waals surface area contributed by atoms with Crippen molar-refractivity contribution in [3.05, 3.63) is 54.0 Å². The Morgan fingerprint density at radius 1 is 1.04 bits per heavy atom. The lowest BCUT2D eigenvalue weighted by molar-refractivity contribution is -0.182. The Hall–Kier alpha value is -4.45. The number of nitrogens with zero attached hydrogens (tertiary/aromatic N) is 8. The number of carboxylic acid groups (broad SMARTS) is 1. The van der Waals surface area contributed by atoms with Crippen LogP contribution in [0.3, 0.4) is 0 Å². The molecule has 1 saturated carbocycles. The molecule has 12 nitrogen and oxygen atoms in total.